The molecule has 0 aromatic heterocycles. The van der Waals surface area contributed by atoms with Crippen molar-refractivity contribution in [3.8, 4) is 5.75 Å². The van der Waals surface area contributed by atoms with Crippen molar-refractivity contribution in [2.45, 2.75) is 19.5 Å². The zero-order valence-electron chi connectivity index (χ0n) is 16.6. The summed E-state index contributed by atoms with van der Waals surface area (Å²) < 4.78 is 18.7. The van der Waals surface area contributed by atoms with E-state index in [9.17, 15) is 9.18 Å². The summed E-state index contributed by atoms with van der Waals surface area (Å²) in [6.45, 7) is 7.18. The van der Waals surface area contributed by atoms with Gasteiger partial charge in [-0.15, -0.1) is 0 Å². The van der Waals surface area contributed by atoms with Crippen molar-refractivity contribution in [1.29, 1.82) is 0 Å². The zero-order valence-corrected chi connectivity index (χ0v) is 17.4. The van der Waals surface area contributed by atoms with Crippen molar-refractivity contribution in [3.05, 3.63) is 64.9 Å². The van der Waals surface area contributed by atoms with Crippen LogP contribution in [0.5, 0.6) is 5.75 Å². The van der Waals surface area contributed by atoms with Gasteiger partial charge in [0.2, 0.25) is 5.91 Å². The minimum absolute atomic E-state index is 0.00942. The smallest absolute Gasteiger partial charge is 0.237 e. The van der Waals surface area contributed by atoms with Crippen molar-refractivity contribution in [1.82, 2.24) is 15.1 Å². The molecule has 0 aliphatic carbocycles. The van der Waals surface area contributed by atoms with Crippen LogP contribution in [0.2, 0.25) is 5.02 Å². The number of nitrogens with zero attached hydrogens (tertiary/aromatic N) is 2. The summed E-state index contributed by atoms with van der Waals surface area (Å²) in [5, 5.41) is 3.56. The molecule has 0 bridgehead atoms. The highest BCUT2D eigenvalue weighted by Crippen LogP contribution is 2.22. The lowest BCUT2D eigenvalue weighted by Crippen LogP contribution is -2.54. The molecule has 3 rings (SSSR count). The first-order chi connectivity index (χ1) is 14.0. The predicted molar refractivity (Wildman–Crippen MR) is 113 cm³/mol. The highest BCUT2D eigenvalue weighted by Gasteiger charge is 2.25. The molecule has 1 fully saturated rings. The van der Waals surface area contributed by atoms with Crippen LogP contribution >= 0.6 is 11.6 Å². The molecule has 1 N–H and O–H groups in total. The number of halogens is 2. The molecule has 1 atom stereocenters. The van der Waals surface area contributed by atoms with Gasteiger partial charge in [0.25, 0.3) is 0 Å². The number of carbonyl (C=O) groups is 1. The maximum Gasteiger partial charge on any atom is 0.237 e. The molecule has 2 aromatic carbocycles. The Morgan fingerprint density at radius 2 is 1.83 bits per heavy atom. The summed E-state index contributed by atoms with van der Waals surface area (Å²) in [7, 11) is 0. The van der Waals surface area contributed by atoms with Gasteiger partial charge in [0.05, 0.1) is 11.1 Å². The average Bonchev–Trinajstić information content (AvgIpc) is 2.74. The van der Waals surface area contributed by atoms with Gasteiger partial charge in [0.15, 0.2) is 0 Å². The Morgan fingerprint density at radius 1 is 1.14 bits per heavy atom. The Balaban J connectivity index is 1.36. The molecule has 0 saturated carbocycles. The maximum atomic E-state index is 13.0. The molecule has 156 valence electrons. The molecular weight excluding hydrogens is 393 g/mol. The molecule has 2 aromatic rings. The van der Waals surface area contributed by atoms with Crippen LogP contribution in [0.3, 0.4) is 0 Å². The Labute approximate surface area is 176 Å². The third-order valence-corrected chi connectivity index (χ3v) is 5.53. The lowest BCUT2D eigenvalue weighted by molar-refractivity contribution is -0.126. The Morgan fingerprint density at radius 3 is 2.52 bits per heavy atom. The number of rotatable bonds is 8. The summed E-state index contributed by atoms with van der Waals surface area (Å²) in [6.07, 6.45) is 0. The van der Waals surface area contributed by atoms with Gasteiger partial charge in [-0.1, -0.05) is 35.9 Å². The SMILES string of the molecule is CC(C(=O)NCc1ccc(F)cc1)N1CCN(CCOc2ccccc2Cl)CC1. The monoisotopic (exact) mass is 419 g/mol. The molecule has 5 nitrogen and oxygen atoms in total. The molecule has 29 heavy (non-hydrogen) atoms. The van der Waals surface area contributed by atoms with Crippen LogP contribution in [0.25, 0.3) is 0 Å². The summed E-state index contributed by atoms with van der Waals surface area (Å²) in [5.41, 5.74) is 0.885. The summed E-state index contributed by atoms with van der Waals surface area (Å²) >= 11 is 6.10. The minimum atomic E-state index is -0.274. The van der Waals surface area contributed by atoms with E-state index in [4.69, 9.17) is 16.3 Å². The standard InChI is InChI=1S/C22H27ClFN3O2/c1-17(22(28)25-16-18-6-8-19(24)9-7-18)27-12-10-26(11-13-27)14-15-29-21-5-3-2-4-20(21)23/h2-9,17H,10-16H2,1H3,(H,25,28). The fraction of sp³-hybridized carbons (Fsp3) is 0.409. The van der Waals surface area contributed by atoms with E-state index in [1.165, 1.54) is 12.1 Å². The molecule has 1 amide bonds. The highest BCUT2D eigenvalue weighted by molar-refractivity contribution is 6.32. The van der Waals surface area contributed by atoms with Crippen LogP contribution in [0.15, 0.2) is 48.5 Å². The van der Waals surface area contributed by atoms with Gasteiger partial charge >= 0.3 is 0 Å². The Bertz CT molecular complexity index is 795. The van der Waals surface area contributed by atoms with Crippen molar-refractivity contribution >= 4 is 17.5 Å². The third-order valence-electron chi connectivity index (χ3n) is 5.22. The average molecular weight is 420 g/mol. The van der Waals surface area contributed by atoms with Gasteiger partial charge in [-0.3, -0.25) is 14.6 Å². The molecule has 0 spiro atoms. The van der Waals surface area contributed by atoms with Crippen LogP contribution in [0.4, 0.5) is 4.39 Å². The minimum Gasteiger partial charge on any atom is -0.491 e. The number of hydrogen-bond donors (Lipinski definition) is 1. The van der Waals surface area contributed by atoms with Crippen LogP contribution in [0, 0.1) is 5.82 Å². The van der Waals surface area contributed by atoms with Crippen molar-refractivity contribution in [2.24, 2.45) is 0 Å². The third kappa shape index (κ3) is 6.42. The lowest BCUT2D eigenvalue weighted by atomic mass is 10.2. The molecule has 0 radical (unpaired) electrons. The number of amides is 1. The second-order valence-electron chi connectivity index (χ2n) is 7.18. The Hall–Kier alpha value is -2.15. The molecular formula is C22H27ClFN3O2. The van der Waals surface area contributed by atoms with E-state index in [0.717, 1.165) is 38.3 Å². The Kier molecular flexibility index (Phi) is 7.86. The van der Waals surface area contributed by atoms with Gasteiger partial charge in [-0.25, -0.2) is 4.39 Å². The van der Waals surface area contributed by atoms with Gasteiger partial charge < -0.3 is 10.1 Å². The zero-order chi connectivity index (χ0) is 20.6. The van der Waals surface area contributed by atoms with E-state index in [0.29, 0.717) is 23.9 Å². The van der Waals surface area contributed by atoms with E-state index in [2.05, 4.69) is 15.1 Å². The van der Waals surface area contributed by atoms with E-state index >= 15 is 0 Å². The summed E-state index contributed by atoms with van der Waals surface area (Å²) in [6, 6.07) is 13.4. The van der Waals surface area contributed by atoms with Gasteiger partial charge in [-0.2, -0.15) is 0 Å². The van der Waals surface area contributed by atoms with E-state index < -0.39 is 0 Å². The van der Waals surface area contributed by atoms with Gasteiger partial charge in [-0.05, 0) is 36.8 Å². The van der Waals surface area contributed by atoms with Crippen LogP contribution in [-0.2, 0) is 11.3 Å². The van der Waals surface area contributed by atoms with Crippen LogP contribution in [-0.4, -0.2) is 61.1 Å². The number of ether oxygens (including phenoxy) is 1. The summed E-state index contributed by atoms with van der Waals surface area (Å²) in [4.78, 5) is 17.0. The maximum absolute atomic E-state index is 13.0. The number of para-hydroxylation sites is 1. The quantitative estimate of drug-likeness (QED) is 0.713. The number of nitrogens with one attached hydrogen (secondary N) is 1. The van der Waals surface area contributed by atoms with Crippen molar-refractivity contribution in [2.75, 3.05) is 39.3 Å². The fourth-order valence-electron chi connectivity index (χ4n) is 3.33. The van der Waals surface area contributed by atoms with Gasteiger partial charge in [0, 0.05) is 39.3 Å². The predicted octanol–water partition coefficient (Wildman–Crippen LogP) is 3.18. The van der Waals surface area contributed by atoms with Crippen molar-refractivity contribution < 1.29 is 13.9 Å². The molecule has 1 heterocycles. The first-order valence-electron chi connectivity index (χ1n) is 9.89. The topological polar surface area (TPSA) is 44.8 Å². The van der Waals surface area contributed by atoms with Crippen LogP contribution in [0.1, 0.15) is 12.5 Å². The number of carbonyl (C=O) groups excluding carboxylic acids is 1. The number of benzene rings is 2. The molecule has 1 aliphatic heterocycles. The highest BCUT2D eigenvalue weighted by atomic mass is 35.5. The first kappa shape index (κ1) is 21.6. The first-order valence-corrected chi connectivity index (χ1v) is 10.3. The number of hydrogen-bond acceptors (Lipinski definition) is 4. The largest absolute Gasteiger partial charge is 0.491 e. The molecule has 7 heteroatoms. The second kappa shape index (κ2) is 10.6. The van der Waals surface area contributed by atoms with E-state index in [1.807, 2.05) is 31.2 Å². The second-order valence-corrected chi connectivity index (χ2v) is 7.58. The summed E-state index contributed by atoms with van der Waals surface area (Å²) in [5.74, 6) is 0.424. The van der Waals surface area contributed by atoms with Crippen LogP contribution < -0.4 is 10.1 Å². The lowest BCUT2D eigenvalue weighted by Gasteiger charge is -2.37. The normalized spacial score (nSPS) is 16.4. The fourth-order valence-corrected chi connectivity index (χ4v) is 3.52. The molecule has 1 unspecified atom stereocenters. The number of piperazine rings is 1. The van der Waals surface area contributed by atoms with Gasteiger partial charge in [0.1, 0.15) is 18.2 Å². The van der Waals surface area contributed by atoms with E-state index in [-0.39, 0.29) is 17.8 Å². The molecule has 1 saturated heterocycles. The van der Waals surface area contributed by atoms with E-state index in [1.54, 1.807) is 12.1 Å². The van der Waals surface area contributed by atoms with Crippen molar-refractivity contribution in [3.63, 3.8) is 0 Å². The molecule has 1 aliphatic rings.